The Labute approximate surface area is 179 Å². The molecule has 31 heavy (non-hydrogen) atoms. The average Bonchev–Trinajstić information content (AvgIpc) is 3.60. The van der Waals surface area contributed by atoms with E-state index in [2.05, 4.69) is 4.98 Å². The topological polar surface area (TPSA) is 68.7 Å². The monoisotopic (exact) mass is 422 g/mol. The first kappa shape index (κ1) is 20.8. The van der Waals surface area contributed by atoms with Crippen LogP contribution < -0.4 is 4.74 Å². The van der Waals surface area contributed by atoms with E-state index in [1.807, 2.05) is 24.3 Å². The van der Waals surface area contributed by atoms with Crippen LogP contribution in [0.15, 0.2) is 48.5 Å². The Bertz CT molecular complexity index is 1130. The van der Waals surface area contributed by atoms with Crippen LogP contribution in [0, 0.1) is 12.7 Å². The number of methoxy groups -OCH3 is 1. The van der Waals surface area contributed by atoms with Gasteiger partial charge in [-0.3, -0.25) is 9.78 Å². The van der Waals surface area contributed by atoms with Gasteiger partial charge in [0.05, 0.1) is 23.9 Å². The van der Waals surface area contributed by atoms with Gasteiger partial charge in [-0.2, -0.15) is 0 Å². The number of hydrogen-bond donors (Lipinski definition) is 0. The number of ether oxygens (including phenoxy) is 2. The van der Waals surface area contributed by atoms with Gasteiger partial charge in [0.1, 0.15) is 11.6 Å². The van der Waals surface area contributed by atoms with E-state index in [-0.39, 0.29) is 24.1 Å². The van der Waals surface area contributed by atoms with Gasteiger partial charge in [0.15, 0.2) is 6.61 Å². The predicted octanol–water partition coefficient (Wildman–Crippen LogP) is 4.04. The molecule has 1 fully saturated rings. The molecule has 0 spiro atoms. The van der Waals surface area contributed by atoms with E-state index in [1.54, 1.807) is 31.1 Å². The van der Waals surface area contributed by atoms with Gasteiger partial charge in [0.2, 0.25) is 0 Å². The van der Waals surface area contributed by atoms with Crippen molar-refractivity contribution in [2.45, 2.75) is 32.4 Å². The summed E-state index contributed by atoms with van der Waals surface area (Å²) in [6.07, 6.45) is 1.89. The van der Waals surface area contributed by atoms with Crippen molar-refractivity contribution in [1.82, 2.24) is 9.88 Å². The average molecular weight is 422 g/mol. The molecule has 1 heterocycles. The maximum atomic E-state index is 13.4. The molecule has 0 radical (unpaired) electrons. The lowest BCUT2D eigenvalue weighted by Crippen LogP contribution is -2.36. The second-order valence-corrected chi connectivity index (χ2v) is 7.64. The van der Waals surface area contributed by atoms with Crippen molar-refractivity contribution >= 4 is 22.8 Å². The zero-order valence-electron chi connectivity index (χ0n) is 17.4. The van der Waals surface area contributed by atoms with E-state index in [4.69, 9.17) is 9.47 Å². The van der Waals surface area contributed by atoms with Crippen LogP contribution in [0.1, 0.15) is 34.5 Å². The largest absolute Gasteiger partial charge is 0.497 e. The van der Waals surface area contributed by atoms with Crippen LogP contribution in [-0.2, 0) is 16.1 Å². The Morgan fingerprint density at radius 2 is 1.87 bits per heavy atom. The molecular formula is C24H23FN2O4. The lowest BCUT2D eigenvalue weighted by Gasteiger charge is -2.22. The standard InChI is InChI=1S/C24H23FN2O4/c1-15-21(11-17-5-6-18(25)12-22(17)26-15)24(29)31-14-23(28)27(19-7-8-19)13-16-3-9-20(30-2)10-4-16/h3-6,9-12,19H,7-8,13-14H2,1-2H3. The number of aromatic nitrogens is 1. The van der Waals surface area contributed by atoms with Crippen molar-refractivity contribution in [3.05, 3.63) is 71.2 Å². The number of esters is 1. The lowest BCUT2D eigenvalue weighted by molar-refractivity contribution is -0.135. The highest BCUT2D eigenvalue weighted by atomic mass is 19.1. The fourth-order valence-corrected chi connectivity index (χ4v) is 3.47. The lowest BCUT2D eigenvalue weighted by atomic mass is 10.1. The Hall–Kier alpha value is -3.48. The maximum Gasteiger partial charge on any atom is 0.340 e. The van der Waals surface area contributed by atoms with Crippen LogP contribution in [0.25, 0.3) is 10.9 Å². The van der Waals surface area contributed by atoms with Crippen LogP contribution >= 0.6 is 0 Å². The summed E-state index contributed by atoms with van der Waals surface area (Å²) in [5.41, 5.74) is 2.13. The van der Waals surface area contributed by atoms with Crippen LogP contribution in [0.4, 0.5) is 4.39 Å². The zero-order valence-corrected chi connectivity index (χ0v) is 17.4. The number of aryl methyl sites for hydroxylation is 1. The third-order valence-electron chi connectivity index (χ3n) is 5.34. The molecule has 4 rings (SSSR count). The third kappa shape index (κ3) is 4.82. The first-order valence-electron chi connectivity index (χ1n) is 10.1. The molecule has 6 nitrogen and oxygen atoms in total. The highest BCUT2D eigenvalue weighted by Gasteiger charge is 2.33. The molecule has 160 valence electrons. The van der Waals surface area contributed by atoms with E-state index in [1.165, 1.54) is 12.1 Å². The van der Waals surface area contributed by atoms with Crippen LogP contribution in [0.2, 0.25) is 0 Å². The van der Waals surface area contributed by atoms with E-state index in [0.29, 0.717) is 23.1 Å². The molecule has 3 aromatic rings. The highest BCUT2D eigenvalue weighted by molar-refractivity contribution is 5.96. The maximum absolute atomic E-state index is 13.4. The number of rotatable bonds is 7. The summed E-state index contributed by atoms with van der Waals surface area (Å²) in [6.45, 7) is 1.77. The van der Waals surface area contributed by atoms with Crippen LogP contribution in [-0.4, -0.2) is 41.5 Å². The molecular weight excluding hydrogens is 399 g/mol. The molecule has 1 amide bonds. The number of carbonyl (C=O) groups excluding carboxylic acids is 2. The first-order chi connectivity index (χ1) is 14.9. The van der Waals surface area contributed by atoms with E-state index in [0.717, 1.165) is 24.2 Å². The number of benzene rings is 2. The van der Waals surface area contributed by atoms with Gasteiger partial charge in [0, 0.05) is 24.0 Å². The van der Waals surface area contributed by atoms with E-state index in [9.17, 15) is 14.0 Å². The summed E-state index contributed by atoms with van der Waals surface area (Å²) < 4.78 is 23.9. The minimum atomic E-state index is -0.621. The summed E-state index contributed by atoms with van der Waals surface area (Å²) >= 11 is 0. The Balaban J connectivity index is 1.42. The zero-order chi connectivity index (χ0) is 22.0. The number of amides is 1. The minimum absolute atomic E-state index is 0.173. The molecule has 0 saturated heterocycles. The Morgan fingerprint density at radius 3 is 2.55 bits per heavy atom. The van der Waals surface area contributed by atoms with Gasteiger partial charge in [-0.1, -0.05) is 12.1 Å². The highest BCUT2D eigenvalue weighted by Crippen LogP contribution is 2.29. The SMILES string of the molecule is COc1ccc(CN(C(=O)COC(=O)c2cc3ccc(F)cc3nc2C)C2CC2)cc1. The van der Waals surface area contributed by atoms with Gasteiger partial charge in [-0.25, -0.2) is 9.18 Å². The van der Waals surface area contributed by atoms with Gasteiger partial charge in [0.25, 0.3) is 5.91 Å². The molecule has 1 aliphatic rings. The summed E-state index contributed by atoms with van der Waals surface area (Å²) in [7, 11) is 1.61. The molecule has 2 aromatic carbocycles. The summed E-state index contributed by atoms with van der Waals surface area (Å²) in [6, 6.07) is 13.5. The summed E-state index contributed by atoms with van der Waals surface area (Å²) in [4.78, 5) is 31.4. The van der Waals surface area contributed by atoms with Crippen molar-refractivity contribution in [2.75, 3.05) is 13.7 Å². The number of hydrogen-bond acceptors (Lipinski definition) is 5. The minimum Gasteiger partial charge on any atom is -0.497 e. The fraction of sp³-hybridized carbons (Fsp3) is 0.292. The molecule has 1 aliphatic carbocycles. The Kier molecular flexibility index (Phi) is 5.84. The van der Waals surface area contributed by atoms with Gasteiger partial charge in [-0.05, 0) is 55.7 Å². The molecule has 0 N–H and O–H groups in total. The van der Waals surface area contributed by atoms with E-state index >= 15 is 0 Å². The second kappa shape index (κ2) is 8.71. The second-order valence-electron chi connectivity index (χ2n) is 7.64. The Morgan fingerprint density at radius 1 is 1.13 bits per heavy atom. The van der Waals surface area contributed by atoms with Crippen molar-refractivity contribution < 1.29 is 23.5 Å². The number of nitrogens with zero attached hydrogens (tertiary/aromatic N) is 2. The predicted molar refractivity (Wildman–Crippen MR) is 113 cm³/mol. The van der Waals surface area contributed by atoms with Gasteiger partial charge in [-0.15, -0.1) is 0 Å². The quantitative estimate of drug-likeness (QED) is 0.538. The van der Waals surface area contributed by atoms with Crippen molar-refractivity contribution in [3.8, 4) is 5.75 Å². The fourth-order valence-electron chi connectivity index (χ4n) is 3.47. The number of fused-ring (bicyclic) bond motifs is 1. The molecule has 0 aliphatic heterocycles. The van der Waals surface area contributed by atoms with E-state index < -0.39 is 11.8 Å². The normalized spacial score (nSPS) is 13.1. The molecule has 0 bridgehead atoms. The summed E-state index contributed by atoms with van der Waals surface area (Å²) in [5, 5.41) is 0.629. The van der Waals surface area contributed by atoms with Gasteiger partial charge < -0.3 is 14.4 Å². The van der Waals surface area contributed by atoms with Crippen LogP contribution in [0.3, 0.4) is 0 Å². The van der Waals surface area contributed by atoms with Crippen molar-refractivity contribution in [2.24, 2.45) is 0 Å². The number of carbonyl (C=O) groups is 2. The first-order valence-corrected chi connectivity index (χ1v) is 10.1. The van der Waals surface area contributed by atoms with Crippen LogP contribution in [0.5, 0.6) is 5.75 Å². The molecule has 0 atom stereocenters. The molecule has 1 saturated carbocycles. The third-order valence-corrected chi connectivity index (χ3v) is 5.34. The van der Waals surface area contributed by atoms with Crippen molar-refractivity contribution in [1.29, 1.82) is 0 Å². The summed E-state index contributed by atoms with van der Waals surface area (Å²) in [5.74, 6) is -0.494. The van der Waals surface area contributed by atoms with Crippen molar-refractivity contribution in [3.63, 3.8) is 0 Å². The molecule has 7 heteroatoms. The molecule has 1 aromatic heterocycles. The van der Waals surface area contributed by atoms with Gasteiger partial charge >= 0.3 is 5.97 Å². The number of pyridine rings is 1. The number of halogens is 1. The molecule has 0 unspecified atom stereocenters. The smallest absolute Gasteiger partial charge is 0.340 e.